The van der Waals surface area contributed by atoms with E-state index in [0.29, 0.717) is 11.9 Å². The summed E-state index contributed by atoms with van der Waals surface area (Å²) in [5, 5.41) is 0. The maximum Gasteiger partial charge on any atom is 0.125 e. The minimum Gasteiger partial charge on any atom is -0.324 e. The molecular formula is C13H14ClFN2. The Labute approximate surface area is 104 Å². The Balaban J connectivity index is 2.15. The molecule has 0 aliphatic heterocycles. The van der Waals surface area contributed by atoms with Crippen LogP contribution in [-0.2, 0) is 5.88 Å². The molecule has 0 spiro atoms. The van der Waals surface area contributed by atoms with Crippen LogP contribution in [0.5, 0.6) is 0 Å². The monoisotopic (exact) mass is 252 g/mol. The molecule has 0 radical (unpaired) electrons. The summed E-state index contributed by atoms with van der Waals surface area (Å²) in [5.41, 5.74) is 1.71. The van der Waals surface area contributed by atoms with Crippen molar-refractivity contribution in [2.45, 2.75) is 31.7 Å². The fraction of sp³-hybridized carbons (Fsp3) is 0.462. The van der Waals surface area contributed by atoms with Crippen molar-refractivity contribution in [2.24, 2.45) is 5.92 Å². The summed E-state index contributed by atoms with van der Waals surface area (Å²) >= 11 is 5.93. The Morgan fingerprint density at radius 1 is 1.47 bits per heavy atom. The number of nitrogens with zero attached hydrogens (tertiary/aromatic N) is 2. The molecule has 2 aromatic rings. The highest BCUT2D eigenvalue weighted by atomic mass is 35.5. The molecule has 0 amide bonds. The van der Waals surface area contributed by atoms with Crippen LogP contribution in [0.3, 0.4) is 0 Å². The second-order valence-electron chi connectivity index (χ2n) is 4.90. The average molecular weight is 253 g/mol. The molecule has 1 aromatic carbocycles. The van der Waals surface area contributed by atoms with Gasteiger partial charge >= 0.3 is 0 Å². The van der Waals surface area contributed by atoms with Gasteiger partial charge in [-0.2, -0.15) is 0 Å². The van der Waals surface area contributed by atoms with Crippen molar-refractivity contribution in [1.29, 1.82) is 0 Å². The maximum absolute atomic E-state index is 13.3. The normalized spacial score (nSPS) is 23.9. The third-order valence-corrected chi connectivity index (χ3v) is 3.80. The molecule has 90 valence electrons. The Bertz CT molecular complexity index is 558. The molecule has 1 saturated carbocycles. The Morgan fingerprint density at radius 3 is 2.88 bits per heavy atom. The van der Waals surface area contributed by atoms with Gasteiger partial charge in [0.25, 0.3) is 0 Å². The Kier molecular flexibility index (Phi) is 2.58. The van der Waals surface area contributed by atoms with Crippen LogP contribution in [0.25, 0.3) is 11.0 Å². The number of hydrogen-bond acceptors (Lipinski definition) is 1. The first-order valence-electron chi connectivity index (χ1n) is 5.91. The maximum atomic E-state index is 13.3. The number of hydrogen-bond donors (Lipinski definition) is 0. The lowest BCUT2D eigenvalue weighted by Gasteiger charge is -2.35. The summed E-state index contributed by atoms with van der Waals surface area (Å²) in [6.07, 6.45) is 2.26. The number of aromatic nitrogens is 2. The van der Waals surface area contributed by atoms with E-state index in [4.69, 9.17) is 11.6 Å². The van der Waals surface area contributed by atoms with Crippen LogP contribution in [0.2, 0.25) is 0 Å². The molecule has 0 bridgehead atoms. The SMILES string of the molecule is CC1CC(n2c(CCl)nc3ccc(F)cc32)C1. The van der Waals surface area contributed by atoms with Gasteiger partial charge in [0.05, 0.1) is 16.9 Å². The summed E-state index contributed by atoms with van der Waals surface area (Å²) in [7, 11) is 0. The fourth-order valence-electron chi connectivity index (χ4n) is 2.69. The van der Waals surface area contributed by atoms with Crippen LogP contribution in [0.4, 0.5) is 4.39 Å². The molecule has 1 aromatic heterocycles. The molecule has 1 aliphatic rings. The zero-order valence-corrected chi connectivity index (χ0v) is 10.4. The van der Waals surface area contributed by atoms with E-state index in [-0.39, 0.29) is 5.82 Å². The molecule has 1 heterocycles. The number of alkyl halides is 1. The second kappa shape index (κ2) is 3.98. The fourth-order valence-corrected chi connectivity index (χ4v) is 2.88. The molecule has 2 nitrogen and oxygen atoms in total. The topological polar surface area (TPSA) is 17.8 Å². The van der Waals surface area contributed by atoms with Gasteiger partial charge in [-0.05, 0) is 37.0 Å². The second-order valence-corrected chi connectivity index (χ2v) is 5.16. The third kappa shape index (κ3) is 1.73. The molecule has 1 aliphatic carbocycles. The summed E-state index contributed by atoms with van der Waals surface area (Å²) < 4.78 is 15.4. The third-order valence-electron chi connectivity index (χ3n) is 3.56. The number of halogens is 2. The summed E-state index contributed by atoms with van der Waals surface area (Å²) in [5.74, 6) is 1.76. The molecule has 0 unspecified atom stereocenters. The molecule has 3 rings (SSSR count). The van der Waals surface area contributed by atoms with E-state index >= 15 is 0 Å². The number of rotatable bonds is 2. The van der Waals surface area contributed by atoms with E-state index in [1.165, 1.54) is 6.07 Å². The van der Waals surface area contributed by atoms with Crippen molar-refractivity contribution in [1.82, 2.24) is 9.55 Å². The lowest BCUT2D eigenvalue weighted by atomic mass is 9.81. The molecular weight excluding hydrogens is 239 g/mol. The van der Waals surface area contributed by atoms with Gasteiger partial charge in [0, 0.05) is 6.04 Å². The van der Waals surface area contributed by atoms with E-state index in [1.807, 2.05) is 0 Å². The molecule has 0 N–H and O–H groups in total. The van der Waals surface area contributed by atoms with E-state index in [9.17, 15) is 4.39 Å². The predicted molar refractivity (Wildman–Crippen MR) is 66.7 cm³/mol. The summed E-state index contributed by atoms with van der Waals surface area (Å²) in [4.78, 5) is 4.46. The van der Waals surface area contributed by atoms with Crippen LogP contribution in [0.15, 0.2) is 18.2 Å². The number of fused-ring (bicyclic) bond motifs is 1. The van der Waals surface area contributed by atoms with Gasteiger partial charge in [0.15, 0.2) is 0 Å². The molecule has 4 heteroatoms. The summed E-state index contributed by atoms with van der Waals surface area (Å²) in [6.45, 7) is 2.23. The van der Waals surface area contributed by atoms with Gasteiger partial charge in [0.1, 0.15) is 11.6 Å². The van der Waals surface area contributed by atoms with Gasteiger partial charge in [-0.25, -0.2) is 9.37 Å². The van der Waals surface area contributed by atoms with Gasteiger partial charge in [-0.15, -0.1) is 11.6 Å². The largest absolute Gasteiger partial charge is 0.324 e. The van der Waals surface area contributed by atoms with E-state index < -0.39 is 0 Å². The van der Waals surface area contributed by atoms with E-state index in [0.717, 1.165) is 35.6 Å². The smallest absolute Gasteiger partial charge is 0.125 e. The zero-order chi connectivity index (χ0) is 12.0. The van der Waals surface area contributed by atoms with Crippen LogP contribution < -0.4 is 0 Å². The van der Waals surface area contributed by atoms with Crippen LogP contribution in [0, 0.1) is 11.7 Å². The van der Waals surface area contributed by atoms with Gasteiger partial charge in [-0.1, -0.05) is 6.92 Å². The highest BCUT2D eigenvalue weighted by Gasteiger charge is 2.29. The standard InChI is InChI=1S/C13H14ClFN2/c1-8-4-10(5-8)17-12-6-9(15)2-3-11(12)16-13(17)7-14/h2-3,6,8,10H,4-5,7H2,1H3. The number of benzene rings is 1. The Morgan fingerprint density at radius 2 is 2.24 bits per heavy atom. The lowest BCUT2D eigenvalue weighted by molar-refractivity contribution is 0.217. The highest BCUT2D eigenvalue weighted by molar-refractivity contribution is 6.16. The molecule has 1 fully saturated rings. The van der Waals surface area contributed by atoms with Crippen LogP contribution in [0.1, 0.15) is 31.6 Å². The van der Waals surface area contributed by atoms with Crippen LogP contribution in [-0.4, -0.2) is 9.55 Å². The van der Waals surface area contributed by atoms with Crippen molar-refractivity contribution in [3.8, 4) is 0 Å². The highest BCUT2D eigenvalue weighted by Crippen LogP contribution is 2.40. The number of imidazole rings is 1. The minimum atomic E-state index is -0.216. The zero-order valence-electron chi connectivity index (χ0n) is 9.66. The Hall–Kier alpha value is -1.09. The van der Waals surface area contributed by atoms with Crippen LogP contribution >= 0.6 is 11.6 Å². The van der Waals surface area contributed by atoms with Crippen molar-refractivity contribution in [3.05, 3.63) is 29.8 Å². The molecule has 17 heavy (non-hydrogen) atoms. The van der Waals surface area contributed by atoms with Crippen molar-refractivity contribution in [3.63, 3.8) is 0 Å². The summed E-state index contributed by atoms with van der Waals surface area (Å²) in [6, 6.07) is 5.16. The van der Waals surface area contributed by atoms with E-state index in [1.54, 1.807) is 12.1 Å². The van der Waals surface area contributed by atoms with Gasteiger partial charge < -0.3 is 4.57 Å². The first kappa shape index (κ1) is 11.0. The van der Waals surface area contributed by atoms with Gasteiger partial charge in [-0.3, -0.25) is 0 Å². The van der Waals surface area contributed by atoms with Crippen molar-refractivity contribution >= 4 is 22.6 Å². The first-order valence-corrected chi connectivity index (χ1v) is 6.45. The van der Waals surface area contributed by atoms with E-state index in [2.05, 4.69) is 16.5 Å². The quantitative estimate of drug-likeness (QED) is 0.742. The minimum absolute atomic E-state index is 0.216. The molecule has 0 saturated heterocycles. The predicted octanol–water partition coefficient (Wildman–Crippen LogP) is 3.89. The molecule has 0 atom stereocenters. The van der Waals surface area contributed by atoms with Crippen molar-refractivity contribution < 1.29 is 4.39 Å². The van der Waals surface area contributed by atoms with Gasteiger partial charge in [0.2, 0.25) is 0 Å². The van der Waals surface area contributed by atoms with Crippen molar-refractivity contribution in [2.75, 3.05) is 0 Å². The first-order chi connectivity index (χ1) is 8.19. The lowest BCUT2D eigenvalue weighted by Crippen LogP contribution is -2.25. The average Bonchev–Trinajstić information content (AvgIpc) is 2.62.